The van der Waals surface area contributed by atoms with Gasteiger partial charge < -0.3 is 0 Å². The molecule has 1 aromatic rings. The number of sulfonamides is 1. The van der Waals surface area contributed by atoms with Crippen LogP contribution in [0.25, 0.3) is 0 Å². The van der Waals surface area contributed by atoms with E-state index in [1.165, 1.54) is 12.1 Å². The molecule has 0 unspecified atom stereocenters. The van der Waals surface area contributed by atoms with Crippen molar-refractivity contribution < 1.29 is 8.42 Å². The van der Waals surface area contributed by atoms with Crippen molar-refractivity contribution in [3.8, 4) is 12.3 Å². The third kappa shape index (κ3) is 1.84. The van der Waals surface area contributed by atoms with Crippen molar-refractivity contribution in [1.29, 1.82) is 0 Å². The van der Waals surface area contributed by atoms with Crippen LogP contribution in [0.5, 0.6) is 0 Å². The van der Waals surface area contributed by atoms with E-state index < -0.39 is 10.0 Å². The first-order valence-electron chi connectivity index (χ1n) is 3.13. The topological polar surface area (TPSA) is 60.2 Å². The minimum absolute atomic E-state index is 0.0398. The molecular formula is C8H7NO2S. The van der Waals surface area contributed by atoms with Crippen LogP contribution in [0, 0.1) is 12.3 Å². The standard InChI is InChI=1S/C8H7NO2S/c1-2-7-4-3-5-8(6-7)12(9,10)11/h1,3-6H,(H2,9,10,11). The molecule has 62 valence electrons. The summed E-state index contributed by atoms with van der Waals surface area (Å²) in [5, 5.41) is 4.88. The van der Waals surface area contributed by atoms with Gasteiger partial charge in [0, 0.05) is 5.56 Å². The highest BCUT2D eigenvalue weighted by atomic mass is 32.2. The maximum Gasteiger partial charge on any atom is 0.238 e. The minimum atomic E-state index is -3.63. The zero-order chi connectivity index (χ0) is 9.19. The van der Waals surface area contributed by atoms with E-state index in [0.29, 0.717) is 5.56 Å². The Bertz CT molecular complexity index is 429. The van der Waals surface area contributed by atoms with Gasteiger partial charge in [0.25, 0.3) is 0 Å². The fourth-order valence-corrected chi connectivity index (χ4v) is 1.32. The van der Waals surface area contributed by atoms with Crippen LogP contribution in [-0.4, -0.2) is 8.42 Å². The lowest BCUT2D eigenvalue weighted by atomic mass is 10.2. The largest absolute Gasteiger partial charge is 0.238 e. The Labute approximate surface area is 71.3 Å². The third-order valence-electron chi connectivity index (χ3n) is 1.33. The van der Waals surface area contributed by atoms with E-state index in [9.17, 15) is 8.42 Å². The molecule has 2 N–H and O–H groups in total. The summed E-state index contributed by atoms with van der Waals surface area (Å²) in [7, 11) is -3.63. The molecule has 0 aromatic heterocycles. The second-order valence-corrected chi connectivity index (χ2v) is 3.78. The van der Waals surface area contributed by atoms with E-state index in [2.05, 4.69) is 5.92 Å². The van der Waals surface area contributed by atoms with Gasteiger partial charge in [-0.3, -0.25) is 0 Å². The van der Waals surface area contributed by atoms with E-state index in [1.807, 2.05) is 0 Å². The molecule has 1 aromatic carbocycles. The van der Waals surface area contributed by atoms with Crippen molar-refractivity contribution in [3.63, 3.8) is 0 Å². The van der Waals surface area contributed by atoms with Gasteiger partial charge in [0.05, 0.1) is 4.90 Å². The Morgan fingerprint density at radius 1 is 1.42 bits per heavy atom. The molecule has 0 radical (unpaired) electrons. The summed E-state index contributed by atoms with van der Waals surface area (Å²) in [6.07, 6.45) is 5.08. The minimum Gasteiger partial charge on any atom is -0.225 e. The van der Waals surface area contributed by atoms with Crippen LogP contribution in [0.2, 0.25) is 0 Å². The third-order valence-corrected chi connectivity index (χ3v) is 2.24. The molecule has 0 saturated carbocycles. The number of hydrogen-bond acceptors (Lipinski definition) is 2. The molecule has 4 heteroatoms. The monoisotopic (exact) mass is 181 g/mol. The Morgan fingerprint density at radius 2 is 2.08 bits per heavy atom. The summed E-state index contributed by atoms with van der Waals surface area (Å²) in [4.78, 5) is 0.0398. The van der Waals surface area contributed by atoms with E-state index in [1.54, 1.807) is 12.1 Å². The van der Waals surface area contributed by atoms with Gasteiger partial charge in [-0.1, -0.05) is 12.0 Å². The molecular weight excluding hydrogens is 174 g/mol. The van der Waals surface area contributed by atoms with E-state index in [0.717, 1.165) is 0 Å². The zero-order valence-electron chi connectivity index (χ0n) is 6.19. The van der Waals surface area contributed by atoms with Gasteiger partial charge in [-0.25, -0.2) is 13.6 Å². The van der Waals surface area contributed by atoms with Gasteiger partial charge >= 0.3 is 0 Å². The van der Waals surface area contributed by atoms with Crippen LogP contribution < -0.4 is 5.14 Å². The molecule has 0 amide bonds. The smallest absolute Gasteiger partial charge is 0.225 e. The second kappa shape index (κ2) is 2.97. The van der Waals surface area contributed by atoms with Crippen molar-refractivity contribution in [3.05, 3.63) is 29.8 Å². The first kappa shape index (κ1) is 8.78. The quantitative estimate of drug-likeness (QED) is 0.634. The van der Waals surface area contributed by atoms with Gasteiger partial charge in [-0.2, -0.15) is 0 Å². The van der Waals surface area contributed by atoms with E-state index >= 15 is 0 Å². The van der Waals surface area contributed by atoms with E-state index in [4.69, 9.17) is 11.6 Å². The summed E-state index contributed by atoms with van der Waals surface area (Å²) in [6, 6.07) is 5.94. The maximum absolute atomic E-state index is 10.8. The highest BCUT2D eigenvalue weighted by Crippen LogP contribution is 2.08. The molecule has 0 aliphatic heterocycles. The van der Waals surface area contributed by atoms with Crippen molar-refractivity contribution in [2.45, 2.75) is 4.90 Å². The lowest BCUT2D eigenvalue weighted by Crippen LogP contribution is -2.11. The highest BCUT2D eigenvalue weighted by Gasteiger charge is 2.06. The molecule has 0 spiro atoms. The van der Waals surface area contributed by atoms with Crippen molar-refractivity contribution in [1.82, 2.24) is 0 Å². The number of hydrogen-bond donors (Lipinski definition) is 1. The number of terminal acetylenes is 1. The van der Waals surface area contributed by atoms with E-state index in [-0.39, 0.29) is 4.90 Å². The molecule has 12 heavy (non-hydrogen) atoms. The Balaban J connectivity index is 3.32. The fourth-order valence-electron chi connectivity index (χ4n) is 0.763. The Kier molecular flexibility index (Phi) is 2.18. The van der Waals surface area contributed by atoms with Gasteiger partial charge in [-0.05, 0) is 18.2 Å². The summed E-state index contributed by atoms with van der Waals surface area (Å²) in [5.74, 6) is 2.32. The van der Waals surface area contributed by atoms with Crippen molar-refractivity contribution in [2.75, 3.05) is 0 Å². The van der Waals surface area contributed by atoms with Crippen LogP contribution in [0.3, 0.4) is 0 Å². The predicted molar refractivity (Wildman–Crippen MR) is 45.8 cm³/mol. The van der Waals surface area contributed by atoms with Gasteiger partial charge in [0.1, 0.15) is 0 Å². The fraction of sp³-hybridized carbons (Fsp3) is 0. The number of benzene rings is 1. The van der Waals surface area contributed by atoms with Crippen LogP contribution in [0.1, 0.15) is 5.56 Å². The summed E-state index contributed by atoms with van der Waals surface area (Å²) < 4.78 is 21.6. The molecule has 1 rings (SSSR count). The maximum atomic E-state index is 10.8. The average Bonchev–Trinajstić information content (AvgIpc) is 2.03. The van der Waals surface area contributed by atoms with Crippen LogP contribution in [0.4, 0.5) is 0 Å². The molecule has 0 fully saturated rings. The molecule has 0 bridgehead atoms. The molecule has 0 heterocycles. The lowest BCUT2D eigenvalue weighted by molar-refractivity contribution is 0.598. The molecule has 0 aliphatic carbocycles. The zero-order valence-corrected chi connectivity index (χ0v) is 7.01. The van der Waals surface area contributed by atoms with Crippen molar-refractivity contribution >= 4 is 10.0 Å². The predicted octanol–water partition coefficient (Wildman–Crippen LogP) is 0.315. The van der Waals surface area contributed by atoms with Crippen molar-refractivity contribution in [2.24, 2.45) is 5.14 Å². The molecule has 0 atom stereocenters. The molecule has 0 saturated heterocycles. The second-order valence-electron chi connectivity index (χ2n) is 2.22. The SMILES string of the molecule is C#Cc1cccc(S(N)(=O)=O)c1. The number of primary sulfonamides is 1. The molecule has 0 aliphatic rings. The van der Waals surface area contributed by atoms with Crippen LogP contribution >= 0.6 is 0 Å². The Hall–Kier alpha value is -1.31. The summed E-state index contributed by atoms with van der Waals surface area (Å²) >= 11 is 0. The van der Waals surface area contributed by atoms with Crippen LogP contribution in [-0.2, 0) is 10.0 Å². The average molecular weight is 181 g/mol. The number of rotatable bonds is 1. The molecule has 3 nitrogen and oxygen atoms in total. The van der Waals surface area contributed by atoms with Gasteiger partial charge in [-0.15, -0.1) is 6.42 Å². The lowest BCUT2D eigenvalue weighted by Gasteiger charge is -1.96. The number of nitrogens with two attached hydrogens (primary N) is 1. The first-order chi connectivity index (χ1) is 5.54. The normalized spacial score (nSPS) is 10.7. The Morgan fingerprint density at radius 3 is 2.58 bits per heavy atom. The first-order valence-corrected chi connectivity index (χ1v) is 4.68. The van der Waals surface area contributed by atoms with Gasteiger partial charge in [0.2, 0.25) is 10.0 Å². The summed E-state index contributed by atoms with van der Waals surface area (Å²) in [5.41, 5.74) is 0.501. The van der Waals surface area contributed by atoms with Gasteiger partial charge in [0.15, 0.2) is 0 Å². The van der Waals surface area contributed by atoms with Crippen LogP contribution in [0.15, 0.2) is 29.2 Å². The summed E-state index contributed by atoms with van der Waals surface area (Å²) in [6.45, 7) is 0. The highest BCUT2D eigenvalue weighted by molar-refractivity contribution is 7.89.